The van der Waals surface area contributed by atoms with Crippen LogP contribution in [0, 0.1) is 0 Å². The van der Waals surface area contributed by atoms with Crippen LogP contribution in [0.1, 0.15) is 36.9 Å². The number of pyridine rings is 1. The molecule has 1 unspecified atom stereocenters. The highest BCUT2D eigenvalue weighted by Gasteiger charge is 2.20. The lowest BCUT2D eigenvalue weighted by Gasteiger charge is -2.14. The molecule has 0 fully saturated rings. The summed E-state index contributed by atoms with van der Waals surface area (Å²) in [4.78, 5) is 7.16. The lowest BCUT2D eigenvalue weighted by Crippen LogP contribution is -2.31. The Morgan fingerprint density at radius 2 is 1.81 bits per heavy atom. The van der Waals surface area contributed by atoms with E-state index in [0.717, 1.165) is 5.56 Å². The van der Waals surface area contributed by atoms with E-state index in [4.69, 9.17) is 5.73 Å². The summed E-state index contributed by atoms with van der Waals surface area (Å²) in [5.41, 5.74) is 8.81. The van der Waals surface area contributed by atoms with Crippen molar-refractivity contribution < 1.29 is 8.42 Å². The molecule has 26 heavy (non-hydrogen) atoms. The predicted molar refractivity (Wildman–Crippen MR) is 106 cm³/mol. The largest absolute Gasteiger partial charge is 0.345 e. The van der Waals surface area contributed by atoms with E-state index in [1.165, 1.54) is 11.8 Å². The molecule has 6 nitrogen and oxygen atoms in total. The van der Waals surface area contributed by atoms with Crippen LogP contribution in [0.15, 0.2) is 53.7 Å². The Bertz CT molecular complexity index is 968. The van der Waals surface area contributed by atoms with Gasteiger partial charge in [-0.2, -0.15) is 0 Å². The van der Waals surface area contributed by atoms with Crippen LogP contribution in [0.25, 0.3) is 11.0 Å². The van der Waals surface area contributed by atoms with Crippen LogP contribution in [0.3, 0.4) is 0 Å². The van der Waals surface area contributed by atoms with Crippen molar-refractivity contribution in [3.05, 3.63) is 59.9 Å². The molecule has 0 radical (unpaired) electrons. The Hall–Kier alpha value is -1.93. The summed E-state index contributed by atoms with van der Waals surface area (Å²) in [6, 6.07) is 11.0. The van der Waals surface area contributed by atoms with Crippen LogP contribution in [0.2, 0.25) is 0 Å². The zero-order valence-electron chi connectivity index (χ0n) is 14.6. The maximum absolute atomic E-state index is 12.6. The van der Waals surface area contributed by atoms with Crippen molar-refractivity contribution in [2.75, 3.05) is 6.54 Å². The fourth-order valence-corrected chi connectivity index (χ4v) is 3.90. The van der Waals surface area contributed by atoms with E-state index in [9.17, 15) is 8.42 Å². The number of sulfonamides is 1. The number of hydrogen-bond acceptors (Lipinski definition) is 4. The molecule has 2 aromatic heterocycles. The minimum absolute atomic E-state index is 0. The average Bonchev–Trinajstić information content (AvgIpc) is 3.05. The molecule has 0 saturated heterocycles. The van der Waals surface area contributed by atoms with Crippen LogP contribution in [0.5, 0.6) is 0 Å². The van der Waals surface area contributed by atoms with Crippen LogP contribution in [-0.4, -0.2) is 24.9 Å². The first-order valence-electron chi connectivity index (χ1n) is 8.15. The first-order valence-corrected chi connectivity index (χ1v) is 9.64. The second-order valence-electron chi connectivity index (χ2n) is 6.33. The van der Waals surface area contributed by atoms with Crippen molar-refractivity contribution in [3.8, 4) is 0 Å². The van der Waals surface area contributed by atoms with E-state index in [0.29, 0.717) is 17.0 Å². The van der Waals surface area contributed by atoms with Gasteiger partial charge in [0.25, 0.3) is 0 Å². The Labute approximate surface area is 159 Å². The van der Waals surface area contributed by atoms with Gasteiger partial charge in [0.1, 0.15) is 10.5 Å². The van der Waals surface area contributed by atoms with Gasteiger partial charge < -0.3 is 10.7 Å². The number of nitrogens with zero attached hydrogens (tertiary/aromatic N) is 1. The number of benzene rings is 1. The van der Waals surface area contributed by atoms with Gasteiger partial charge in [0.2, 0.25) is 10.0 Å². The van der Waals surface area contributed by atoms with Crippen LogP contribution < -0.4 is 10.5 Å². The molecular formula is C18H23ClN4O2S. The van der Waals surface area contributed by atoms with Gasteiger partial charge in [-0.1, -0.05) is 38.1 Å². The molecule has 1 atom stereocenters. The second-order valence-corrected chi connectivity index (χ2v) is 8.07. The minimum Gasteiger partial charge on any atom is -0.345 e. The summed E-state index contributed by atoms with van der Waals surface area (Å²) in [7, 11) is -3.67. The highest BCUT2D eigenvalue weighted by atomic mass is 35.5. The topological polar surface area (TPSA) is 101 Å². The molecule has 0 spiro atoms. The van der Waals surface area contributed by atoms with Crippen molar-refractivity contribution in [1.82, 2.24) is 14.7 Å². The van der Waals surface area contributed by atoms with E-state index >= 15 is 0 Å². The third kappa shape index (κ3) is 4.24. The Morgan fingerprint density at radius 1 is 1.15 bits per heavy atom. The van der Waals surface area contributed by atoms with Crippen molar-refractivity contribution in [1.29, 1.82) is 0 Å². The highest BCUT2D eigenvalue weighted by molar-refractivity contribution is 7.89. The van der Waals surface area contributed by atoms with E-state index < -0.39 is 16.1 Å². The predicted octanol–water partition coefficient (Wildman–Crippen LogP) is 3.09. The molecule has 0 saturated carbocycles. The number of fused-ring (bicyclic) bond motifs is 1. The van der Waals surface area contributed by atoms with Gasteiger partial charge in [-0.15, -0.1) is 12.4 Å². The number of nitrogens with two attached hydrogens (primary N) is 1. The first-order chi connectivity index (χ1) is 11.9. The van der Waals surface area contributed by atoms with E-state index in [-0.39, 0.29) is 23.8 Å². The molecule has 3 rings (SSSR count). The van der Waals surface area contributed by atoms with Crippen molar-refractivity contribution in [2.24, 2.45) is 5.73 Å². The van der Waals surface area contributed by atoms with E-state index in [2.05, 4.69) is 28.5 Å². The summed E-state index contributed by atoms with van der Waals surface area (Å²) in [6.45, 7) is 4.37. The third-order valence-corrected chi connectivity index (χ3v) is 5.69. The highest BCUT2D eigenvalue weighted by Crippen LogP contribution is 2.21. The number of H-pyrrole nitrogens is 1. The van der Waals surface area contributed by atoms with Gasteiger partial charge in [-0.3, -0.25) is 0 Å². The molecule has 0 aliphatic rings. The molecule has 2 heterocycles. The summed E-state index contributed by atoms with van der Waals surface area (Å²) >= 11 is 0. The maximum Gasteiger partial charge on any atom is 0.242 e. The molecule has 4 N–H and O–H groups in total. The number of hydrogen-bond donors (Lipinski definition) is 3. The third-order valence-electron chi connectivity index (χ3n) is 4.23. The van der Waals surface area contributed by atoms with Gasteiger partial charge in [-0.25, -0.2) is 18.1 Å². The molecule has 0 bridgehead atoms. The lowest BCUT2D eigenvalue weighted by atomic mass is 9.99. The number of aromatic amines is 1. The van der Waals surface area contributed by atoms with Gasteiger partial charge in [0.15, 0.2) is 0 Å². The van der Waals surface area contributed by atoms with E-state index in [1.54, 1.807) is 18.3 Å². The Kier molecular flexibility index (Phi) is 6.41. The van der Waals surface area contributed by atoms with Gasteiger partial charge >= 0.3 is 0 Å². The molecular weight excluding hydrogens is 372 g/mol. The standard InChI is InChI=1S/C18H22N4O2S.ClH/c1-12(2)13-5-7-14(8-6-13)16(19)10-22-25(23,24)17-11-21-18-15(17)4-3-9-20-18;/h3-9,11-12,16,22H,10,19H2,1-2H3,(H,20,21);1H. The summed E-state index contributed by atoms with van der Waals surface area (Å²) in [6.07, 6.45) is 3.06. The monoisotopic (exact) mass is 394 g/mol. The zero-order valence-corrected chi connectivity index (χ0v) is 16.3. The molecule has 3 aromatic rings. The van der Waals surface area contributed by atoms with Crippen LogP contribution >= 0.6 is 12.4 Å². The quantitative estimate of drug-likeness (QED) is 0.597. The smallest absolute Gasteiger partial charge is 0.242 e. The second kappa shape index (κ2) is 8.18. The van der Waals surface area contributed by atoms with Crippen molar-refractivity contribution in [3.63, 3.8) is 0 Å². The minimum atomic E-state index is -3.67. The fraction of sp³-hybridized carbons (Fsp3) is 0.278. The van der Waals surface area contributed by atoms with Crippen molar-refractivity contribution >= 4 is 33.5 Å². The average molecular weight is 395 g/mol. The first kappa shape index (κ1) is 20.4. The van der Waals surface area contributed by atoms with Crippen LogP contribution in [0.4, 0.5) is 0 Å². The molecule has 8 heteroatoms. The van der Waals surface area contributed by atoms with Gasteiger partial charge in [-0.05, 0) is 29.2 Å². The van der Waals surface area contributed by atoms with Crippen LogP contribution in [-0.2, 0) is 10.0 Å². The molecule has 0 amide bonds. The SMILES string of the molecule is CC(C)c1ccc(C(N)CNS(=O)(=O)c2c[nH]c3ncccc23)cc1.Cl. The summed E-state index contributed by atoms with van der Waals surface area (Å²) < 4.78 is 27.7. The Morgan fingerprint density at radius 3 is 2.46 bits per heavy atom. The number of halogens is 1. The summed E-state index contributed by atoms with van der Waals surface area (Å²) in [5.74, 6) is 0.444. The number of aromatic nitrogens is 2. The lowest BCUT2D eigenvalue weighted by molar-refractivity contribution is 0.573. The fourth-order valence-electron chi connectivity index (χ4n) is 2.68. The number of nitrogens with one attached hydrogen (secondary N) is 2. The normalized spacial score (nSPS) is 12.9. The van der Waals surface area contributed by atoms with E-state index in [1.807, 2.05) is 24.3 Å². The summed E-state index contributed by atoms with van der Waals surface area (Å²) in [5, 5.41) is 0.560. The molecule has 140 valence electrons. The molecule has 1 aromatic carbocycles. The Balaban J connectivity index is 0.00000243. The molecule has 0 aliphatic heterocycles. The van der Waals surface area contributed by atoms with Crippen molar-refractivity contribution in [2.45, 2.75) is 30.7 Å². The maximum atomic E-state index is 12.6. The molecule has 0 aliphatic carbocycles. The van der Waals surface area contributed by atoms with Gasteiger partial charge in [0, 0.05) is 30.4 Å². The number of rotatable bonds is 6. The zero-order chi connectivity index (χ0) is 18.0. The van der Waals surface area contributed by atoms with Gasteiger partial charge in [0.05, 0.1) is 0 Å².